The van der Waals surface area contributed by atoms with Gasteiger partial charge in [-0.2, -0.15) is 0 Å². The summed E-state index contributed by atoms with van der Waals surface area (Å²) in [5.41, 5.74) is 7.26. The van der Waals surface area contributed by atoms with Gasteiger partial charge in [-0.25, -0.2) is 0 Å². The number of carbonyl (C=O) groups is 1. The number of amides is 1. The molecule has 0 spiro atoms. The lowest BCUT2D eigenvalue weighted by Crippen LogP contribution is -2.19. The SMILES string of the molecule is NC(=O)c1cc2ccccc2n1CC1CCCC1. The topological polar surface area (TPSA) is 48.0 Å². The van der Waals surface area contributed by atoms with E-state index in [-0.39, 0.29) is 5.91 Å². The van der Waals surface area contributed by atoms with Crippen LogP contribution in [0.25, 0.3) is 10.9 Å². The molecule has 1 aromatic carbocycles. The Hall–Kier alpha value is -1.77. The predicted molar refractivity (Wildman–Crippen MR) is 72.4 cm³/mol. The van der Waals surface area contributed by atoms with Crippen molar-refractivity contribution in [2.24, 2.45) is 11.7 Å². The molecule has 0 saturated heterocycles. The first kappa shape index (κ1) is 11.3. The number of carbonyl (C=O) groups excluding carboxylic acids is 1. The summed E-state index contributed by atoms with van der Waals surface area (Å²) in [7, 11) is 0. The molecule has 3 heteroatoms. The minimum absolute atomic E-state index is 0.329. The molecule has 1 heterocycles. The molecule has 18 heavy (non-hydrogen) atoms. The first-order chi connectivity index (χ1) is 8.75. The predicted octanol–water partition coefficient (Wildman–Crippen LogP) is 2.93. The van der Waals surface area contributed by atoms with E-state index in [1.807, 2.05) is 24.3 Å². The summed E-state index contributed by atoms with van der Waals surface area (Å²) in [4.78, 5) is 11.6. The molecule has 0 atom stereocenters. The molecule has 1 amide bonds. The Bertz CT molecular complexity index is 579. The van der Waals surface area contributed by atoms with Gasteiger partial charge in [0, 0.05) is 17.4 Å². The average Bonchev–Trinajstić information content (AvgIpc) is 2.98. The number of hydrogen-bond acceptors (Lipinski definition) is 1. The van der Waals surface area contributed by atoms with Crippen LogP contribution in [0.4, 0.5) is 0 Å². The first-order valence-corrected chi connectivity index (χ1v) is 6.64. The Kier molecular flexibility index (Phi) is 2.82. The summed E-state index contributed by atoms with van der Waals surface area (Å²) in [5, 5.41) is 1.10. The normalized spacial score (nSPS) is 16.4. The van der Waals surface area contributed by atoms with Crippen LogP contribution in [-0.2, 0) is 6.54 Å². The zero-order valence-electron chi connectivity index (χ0n) is 10.4. The molecular formula is C15H18N2O. The van der Waals surface area contributed by atoms with E-state index in [1.54, 1.807) is 0 Å². The zero-order valence-corrected chi connectivity index (χ0v) is 10.4. The van der Waals surface area contributed by atoms with Crippen molar-refractivity contribution in [2.75, 3.05) is 0 Å². The van der Waals surface area contributed by atoms with Gasteiger partial charge >= 0.3 is 0 Å². The third-order valence-electron chi connectivity index (χ3n) is 3.98. The maximum Gasteiger partial charge on any atom is 0.265 e. The molecule has 1 fully saturated rings. The summed E-state index contributed by atoms with van der Waals surface area (Å²) in [6, 6.07) is 10.0. The monoisotopic (exact) mass is 242 g/mol. The van der Waals surface area contributed by atoms with Gasteiger partial charge in [-0.3, -0.25) is 4.79 Å². The molecule has 94 valence electrons. The van der Waals surface area contributed by atoms with Crippen molar-refractivity contribution < 1.29 is 4.79 Å². The third-order valence-corrected chi connectivity index (χ3v) is 3.98. The fraction of sp³-hybridized carbons (Fsp3) is 0.400. The highest BCUT2D eigenvalue weighted by atomic mass is 16.1. The van der Waals surface area contributed by atoms with E-state index < -0.39 is 0 Å². The van der Waals surface area contributed by atoms with Gasteiger partial charge in [0.05, 0.1) is 0 Å². The Morgan fingerprint density at radius 2 is 2.00 bits per heavy atom. The van der Waals surface area contributed by atoms with Gasteiger partial charge in [-0.15, -0.1) is 0 Å². The molecule has 2 aromatic rings. The highest BCUT2D eigenvalue weighted by Gasteiger charge is 2.19. The second-order valence-corrected chi connectivity index (χ2v) is 5.21. The summed E-state index contributed by atoms with van der Waals surface area (Å²) < 4.78 is 2.10. The standard InChI is InChI=1S/C15H18N2O/c16-15(18)14-9-12-7-3-4-8-13(12)17(14)10-11-5-1-2-6-11/h3-4,7-9,11H,1-2,5-6,10H2,(H2,16,18). The number of hydrogen-bond donors (Lipinski definition) is 1. The molecule has 1 aromatic heterocycles. The minimum atomic E-state index is -0.329. The Morgan fingerprint density at radius 3 is 2.72 bits per heavy atom. The summed E-state index contributed by atoms with van der Waals surface area (Å²) in [6.45, 7) is 0.922. The van der Waals surface area contributed by atoms with Gasteiger partial charge in [0.1, 0.15) is 5.69 Å². The van der Waals surface area contributed by atoms with Crippen molar-refractivity contribution in [2.45, 2.75) is 32.2 Å². The average molecular weight is 242 g/mol. The van der Waals surface area contributed by atoms with Gasteiger partial charge in [0.25, 0.3) is 5.91 Å². The second-order valence-electron chi connectivity index (χ2n) is 5.21. The number of rotatable bonds is 3. The zero-order chi connectivity index (χ0) is 12.5. The number of aromatic nitrogens is 1. The van der Waals surface area contributed by atoms with Crippen LogP contribution in [0.5, 0.6) is 0 Å². The molecule has 1 saturated carbocycles. The van der Waals surface area contributed by atoms with Crippen LogP contribution in [0.2, 0.25) is 0 Å². The number of benzene rings is 1. The van der Waals surface area contributed by atoms with E-state index in [9.17, 15) is 4.79 Å². The van der Waals surface area contributed by atoms with Crippen LogP contribution in [0.1, 0.15) is 36.2 Å². The number of para-hydroxylation sites is 1. The summed E-state index contributed by atoms with van der Waals surface area (Å²) in [5.74, 6) is 0.364. The van der Waals surface area contributed by atoms with Crippen molar-refractivity contribution in [3.8, 4) is 0 Å². The lowest BCUT2D eigenvalue weighted by atomic mass is 10.1. The van der Waals surface area contributed by atoms with Gasteiger partial charge in [0.15, 0.2) is 0 Å². The molecule has 3 rings (SSSR count). The maximum atomic E-state index is 11.6. The minimum Gasteiger partial charge on any atom is -0.364 e. The number of nitrogens with zero attached hydrogens (tertiary/aromatic N) is 1. The van der Waals surface area contributed by atoms with Crippen LogP contribution >= 0.6 is 0 Å². The molecule has 0 aliphatic heterocycles. The Morgan fingerprint density at radius 1 is 1.28 bits per heavy atom. The van der Waals surface area contributed by atoms with E-state index >= 15 is 0 Å². The fourth-order valence-electron chi connectivity index (χ4n) is 3.06. The van der Waals surface area contributed by atoms with Crippen molar-refractivity contribution in [3.63, 3.8) is 0 Å². The van der Waals surface area contributed by atoms with Gasteiger partial charge in [-0.05, 0) is 30.9 Å². The number of primary amides is 1. The molecule has 1 aliphatic carbocycles. The molecule has 0 radical (unpaired) electrons. The van der Waals surface area contributed by atoms with Gasteiger partial charge in [0.2, 0.25) is 0 Å². The highest BCUT2D eigenvalue weighted by Crippen LogP contribution is 2.29. The Labute approximate surface area is 107 Å². The van der Waals surface area contributed by atoms with Crippen molar-refractivity contribution in [3.05, 3.63) is 36.0 Å². The van der Waals surface area contributed by atoms with E-state index in [1.165, 1.54) is 25.7 Å². The molecule has 0 unspecified atom stereocenters. The highest BCUT2D eigenvalue weighted by molar-refractivity contribution is 5.97. The van der Waals surface area contributed by atoms with Crippen LogP contribution in [0.3, 0.4) is 0 Å². The second kappa shape index (κ2) is 4.48. The van der Waals surface area contributed by atoms with Crippen LogP contribution < -0.4 is 5.73 Å². The summed E-state index contributed by atoms with van der Waals surface area (Å²) in [6.07, 6.45) is 5.17. The Balaban J connectivity index is 2.05. The first-order valence-electron chi connectivity index (χ1n) is 6.64. The number of fused-ring (bicyclic) bond motifs is 1. The van der Waals surface area contributed by atoms with E-state index in [0.29, 0.717) is 11.6 Å². The largest absolute Gasteiger partial charge is 0.364 e. The van der Waals surface area contributed by atoms with Crippen LogP contribution in [-0.4, -0.2) is 10.5 Å². The molecule has 0 bridgehead atoms. The van der Waals surface area contributed by atoms with Gasteiger partial charge < -0.3 is 10.3 Å². The molecule has 2 N–H and O–H groups in total. The van der Waals surface area contributed by atoms with Crippen molar-refractivity contribution in [1.82, 2.24) is 4.57 Å². The molecule has 3 nitrogen and oxygen atoms in total. The third kappa shape index (κ3) is 1.90. The van der Waals surface area contributed by atoms with E-state index in [0.717, 1.165) is 17.4 Å². The fourth-order valence-corrected chi connectivity index (χ4v) is 3.06. The quantitative estimate of drug-likeness (QED) is 0.883. The van der Waals surface area contributed by atoms with Crippen LogP contribution in [0.15, 0.2) is 30.3 Å². The molecular weight excluding hydrogens is 224 g/mol. The van der Waals surface area contributed by atoms with Crippen LogP contribution in [0, 0.1) is 5.92 Å². The van der Waals surface area contributed by atoms with Crippen molar-refractivity contribution in [1.29, 1.82) is 0 Å². The van der Waals surface area contributed by atoms with Gasteiger partial charge in [-0.1, -0.05) is 31.0 Å². The lowest BCUT2D eigenvalue weighted by Gasteiger charge is -2.14. The summed E-state index contributed by atoms with van der Waals surface area (Å²) >= 11 is 0. The van der Waals surface area contributed by atoms with E-state index in [2.05, 4.69) is 10.6 Å². The van der Waals surface area contributed by atoms with E-state index in [4.69, 9.17) is 5.73 Å². The lowest BCUT2D eigenvalue weighted by molar-refractivity contribution is 0.0991. The molecule has 1 aliphatic rings. The number of nitrogens with two attached hydrogens (primary N) is 1. The smallest absolute Gasteiger partial charge is 0.265 e. The van der Waals surface area contributed by atoms with Crippen molar-refractivity contribution >= 4 is 16.8 Å². The maximum absolute atomic E-state index is 11.6.